The van der Waals surface area contributed by atoms with Crippen molar-refractivity contribution in [3.8, 4) is 0 Å². The molecule has 3 rings (SSSR count). The molecule has 2 fully saturated rings. The number of sulfone groups is 1. The fourth-order valence-corrected chi connectivity index (χ4v) is 6.99. The largest absolute Gasteiger partial charge is 0.341 e. The van der Waals surface area contributed by atoms with E-state index in [0.717, 1.165) is 0 Å². The van der Waals surface area contributed by atoms with Crippen LogP contribution in [-0.4, -0.2) is 49.1 Å². The highest BCUT2D eigenvalue weighted by Gasteiger charge is 2.33. The predicted octanol–water partition coefficient (Wildman–Crippen LogP) is 3.70. The highest BCUT2D eigenvalue weighted by molar-refractivity contribution is 8.00. The van der Waals surface area contributed by atoms with E-state index in [0.29, 0.717) is 34.6 Å². The van der Waals surface area contributed by atoms with Gasteiger partial charge in [-0.2, -0.15) is 0 Å². The first kappa shape index (κ1) is 19.1. The molecule has 1 saturated heterocycles. The molecule has 0 bridgehead atoms. The molecule has 1 amide bonds. The van der Waals surface area contributed by atoms with Gasteiger partial charge in [-0.3, -0.25) is 4.79 Å². The maximum atomic E-state index is 12.7. The summed E-state index contributed by atoms with van der Waals surface area (Å²) >= 11 is 7.94. The maximum absolute atomic E-state index is 12.7. The van der Waals surface area contributed by atoms with Gasteiger partial charge in [0.05, 0.1) is 16.8 Å². The summed E-state index contributed by atoms with van der Waals surface area (Å²) in [5.74, 6) is 0.524. The van der Waals surface area contributed by atoms with Crippen LogP contribution in [0.5, 0.6) is 0 Å². The second-order valence-corrected chi connectivity index (χ2v) is 10.8. The third kappa shape index (κ3) is 4.72. The Kier molecular flexibility index (Phi) is 6.34. The topological polar surface area (TPSA) is 54.5 Å². The van der Waals surface area contributed by atoms with E-state index >= 15 is 0 Å². The minimum Gasteiger partial charge on any atom is -0.341 e. The summed E-state index contributed by atoms with van der Waals surface area (Å²) in [7, 11) is -3.32. The summed E-state index contributed by atoms with van der Waals surface area (Å²) in [5.41, 5.74) is 0.652. The van der Waals surface area contributed by atoms with Crippen molar-refractivity contribution in [1.82, 2.24) is 4.90 Å². The number of nitrogens with zero attached hydrogens (tertiary/aromatic N) is 1. The molecule has 1 aromatic carbocycles. The Morgan fingerprint density at radius 1 is 1.16 bits per heavy atom. The lowest BCUT2D eigenvalue weighted by molar-refractivity contribution is -0.128. The number of carbonyl (C=O) groups excluding carboxylic acids is 1. The fourth-order valence-electron chi connectivity index (χ4n) is 3.61. The van der Waals surface area contributed by atoms with Crippen molar-refractivity contribution in [3.63, 3.8) is 0 Å². The minimum absolute atomic E-state index is 0.00270. The van der Waals surface area contributed by atoms with E-state index in [-0.39, 0.29) is 18.2 Å². The van der Waals surface area contributed by atoms with E-state index in [9.17, 15) is 13.2 Å². The fraction of sp³-hybridized carbons (Fsp3) is 0.611. The number of amides is 1. The molecule has 1 aliphatic heterocycles. The first-order valence-electron chi connectivity index (χ1n) is 8.83. The number of hydrogen-bond acceptors (Lipinski definition) is 4. The van der Waals surface area contributed by atoms with Gasteiger partial charge in [0.2, 0.25) is 5.91 Å². The van der Waals surface area contributed by atoms with E-state index in [4.69, 9.17) is 11.6 Å². The Morgan fingerprint density at radius 2 is 1.88 bits per heavy atom. The molecule has 0 N–H and O–H groups in total. The second-order valence-electron chi connectivity index (χ2n) is 6.76. The summed E-state index contributed by atoms with van der Waals surface area (Å²) in [6.07, 6.45) is 5.31. The van der Waals surface area contributed by atoms with Gasteiger partial charge >= 0.3 is 0 Å². The monoisotopic (exact) mass is 401 g/mol. The third-order valence-corrected chi connectivity index (χ3v) is 8.90. The molecule has 4 nitrogen and oxygen atoms in total. The SMILES string of the molecule is O=C(CSC1CCCC1)N1CC[C@H](c2ccccc2Cl)S(=O)(=O)CC1. The van der Waals surface area contributed by atoms with Gasteiger partial charge in [0.15, 0.2) is 9.84 Å². The molecule has 0 aromatic heterocycles. The predicted molar refractivity (Wildman–Crippen MR) is 104 cm³/mol. The van der Waals surface area contributed by atoms with Crippen molar-refractivity contribution in [1.29, 1.82) is 0 Å². The smallest absolute Gasteiger partial charge is 0.232 e. The normalized spacial score (nSPS) is 24.2. The molecule has 1 heterocycles. The van der Waals surface area contributed by atoms with Crippen LogP contribution in [0, 0.1) is 0 Å². The van der Waals surface area contributed by atoms with Crippen LogP contribution in [0.3, 0.4) is 0 Å². The average Bonchev–Trinajstić information content (AvgIpc) is 3.05. The van der Waals surface area contributed by atoms with Crippen molar-refractivity contribution in [2.24, 2.45) is 0 Å². The first-order valence-corrected chi connectivity index (χ1v) is 12.0. The summed E-state index contributed by atoms with van der Waals surface area (Å²) in [6, 6.07) is 7.10. The van der Waals surface area contributed by atoms with Crippen molar-refractivity contribution >= 4 is 39.1 Å². The zero-order chi connectivity index (χ0) is 17.9. The summed E-state index contributed by atoms with van der Waals surface area (Å²) in [5, 5.41) is 0.449. The number of halogens is 1. The van der Waals surface area contributed by atoms with Gasteiger partial charge in [0.1, 0.15) is 0 Å². The Labute approximate surface area is 159 Å². The number of thioether (sulfide) groups is 1. The Morgan fingerprint density at radius 3 is 2.60 bits per heavy atom. The number of rotatable bonds is 4. The van der Waals surface area contributed by atoms with Crippen LogP contribution in [0.2, 0.25) is 5.02 Å². The molecule has 0 spiro atoms. The van der Waals surface area contributed by atoms with Gasteiger partial charge < -0.3 is 4.90 Å². The van der Waals surface area contributed by atoms with Crippen LogP contribution < -0.4 is 0 Å². The molecule has 1 aromatic rings. The minimum atomic E-state index is -3.32. The van der Waals surface area contributed by atoms with E-state index < -0.39 is 15.1 Å². The van der Waals surface area contributed by atoms with Crippen LogP contribution >= 0.6 is 23.4 Å². The van der Waals surface area contributed by atoms with Crippen LogP contribution in [0.1, 0.15) is 42.9 Å². The molecule has 1 atom stereocenters. The lowest BCUT2D eigenvalue weighted by atomic mass is 10.1. The highest BCUT2D eigenvalue weighted by Crippen LogP contribution is 2.34. The van der Waals surface area contributed by atoms with Gasteiger partial charge in [0, 0.05) is 23.4 Å². The summed E-state index contributed by atoms with van der Waals surface area (Å²) < 4.78 is 25.4. The van der Waals surface area contributed by atoms with Crippen molar-refractivity contribution in [2.75, 3.05) is 24.6 Å². The zero-order valence-corrected chi connectivity index (χ0v) is 16.6. The van der Waals surface area contributed by atoms with Crippen LogP contribution in [0.15, 0.2) is 24.3 Å². The van der Waals surface area contributed by atoms with Crippen LogP contribution in [0.25, 0.3) is 0 Å². The Balaban J connectivity index is 1.65. The van der Waals surface area contributed by atoms with E-state index in [1.807, 2.05) is 6.07 Å². The molecule has 1 aliphatic carbocycles. The quantitative estimate of drug-likeness (QED) is 0.771. The average molecular weight is 402 g/mol. The van der Waals surface area contributed by atoms with E-state index in [1.165, 1.54) is 25.7 Å². The zero-order valence-electron chi connectivity index (χ0n) is 14.2. The van der Waals surface area contributed by atoms with Crippen LogP contribution in [-0.2, 0) is 14.6 Å². The molecular formula is C18H24ClNO3S2. The molecule has 0 unspecified atom stereocenters. The molecule has 0 radical (unpaired) electrons. The molecule has 25 heavy (non-hydrogen) atoms. The summed E-state index contributed by atoms with van der Waals surface area (Å²) in [4.78, 5) is 14.2. The molecule has 7 heteroatoms. The standard InChI is InChI=1S/C18H24ClNO3S2/c19-16-8-4-3-7-15(16)17-9-10-20(11-12-25(17,22)23)18(21)13-24-14-5-1-2-6-14/h3-4,7-8,14,17H,1-2,5-6,9-13H2/t17-/m1/s1. The number of carbonyl (C=O) groups is 1. The van der Waals surface area contributed by atoms with Gasteiger partial charge in [0.25, 0.3) is 0 Å². The van der Waals surface area contributed by atoms with Gasteiger partial charge in [-0.15, -0.1) is 11.8 Å². The van der Waals surface area contributed by atoms with Crippen molar-refractivity contribution in [3.05, 3.63) is 34.9 Å². The van der Waals surface area contributed by atoms with E-state index in [1.54, 1.807) is 34.9 Å². The first-order chi connectivity index (χ1) is 12.0. The molecule has 2 aliphatic rings. The van der Waals surface area contributed by atoms with E-state index in [2.05, 4.69) is 0 Å². The maximum Gasteiger partial charge on any atom is 0.232 e. The number of benzene rings is 1. The lowest BCUT2D eigenvalue weighted by Gasteiger charge is -2.21. The highest BCUT2D eigenvalue weighted by atomic mass is 35.5. The Bertz CT molecular complexity index is 717. The van der Waals surface area contributed by atoms with Gasteiger partial charge in [-0.05, 0) is 30.9 Å². The van der Waals surface area contributed by atoms with Crippen molar-refractivity contribution < 1.29 is 13.2 Å². The van der Waals surface area contributed by atoms with Gasteiger partial charge in [-0.25, -0.2) is 8.42 Å². The lowest BCUT2D eigenvalue weighted by Crippen LogP contribution is -2.35. The molecular weight excluding hydrogens is 378 g/mol. The van der Waals surface area contributed by atoms with Crippen LogP contribution in [0.4, 0.5) is 0 Å². The molecule has 138 valence electrons. The number of hydrogen-bond donors (Lipinski definition) is 0. The molecule has 1 saturated carbocycles. The summed E-state index contributed by atoms with van der Waals surface area (Å²) in [6.45, 7) is 0.756. The van der Waals surface area contributed by atoms with Gasteiger partial charge in [-0.1, -0.05) is 42.6 Å². The Hall–Kier alpha value is -0.720. The second kappa shape index (κ2) is 8.31. The third-order valence-electron chi connectivity index (χ3n) is 5.09. The van der Waals surface area contributed by atoms with Crippen molar-refractivity contribution in [2.45, 2.75) is 42.6 Å².